The summed E-state index contributed by atoms with van der Waals surface area (Å²) in [5.41, 5.74) is 0.909. The fraction of sp³-hybridized carbons (Fsp3) is 0.786. The number of rotatable bonds is 9. The average Bonchev–Trinajstić information content (AvgIpc) is 2.76. The molecule has 0 radical (unpaired) electrons. The zero-order valence-corrected chi connectivity index (χ0v) is 12.8. The van der Waals surface area contributed by atoms with E-state index in [-0.39, 0.29) is 0 Å². The fourth-order valence-electron chi connectivity index (χ4n) is 2.14. The van der Waals surface area contributed by atoms with Gasteiger partial charge in [-0.05, 0) is 34.7 Å². The molecule has 0 spiro atoms. The number of nitrogens with zero attached hydrogens (tertiary/aromatic N) is 2. The fourth-order valence-corrected chi connectivity index (χ4v) is 2.14. The number of hydrogen-bond acceptors (Lipinski definition) is 5. The molecule has 1 N–H and O–H groups in total. The maximum atomic E-state index is 5.65. The van der Waals surface area contributed by atoms with Crippen molar-refractivity contribution in [3.05, 3.63) is 17.5 Å². The first-order chi connectivity index (χ1) is 9.04. The first-order valence-electron chi connectivity index (χ1n) is 6.97. The lowest BCUT2D eigenvalue weighted by molar-refractivity contribution is 0.0596. The van der Waals surface area contributed by atoms with Crippen molar-refractivity contribution in [3.8, 4) is 0 Å². The van der Waals surface area contributed by atoms with Crippen molar-refractivity contribution in [2.45, 2.75) is 52.9 Å². The minimum absolute atomic E-state index is 0.487. The van der Waals surface area contributed by atoms with Crippen LogP contribution in [0.3, 0.4) is 0 Å². The van der Waals surface area contributed by atoms with Crippen molar-refractivity contribution in [2.24, 2.45) is 0 Å². The summed E-state index contributed by atoms with van der Waals surface area (Å²) >= 11 is 0. The van der Waals surface area contributed by atoms with Gasteiger partial charge in [-0.25, -0.2) is 0 Å². The topological polar surface area (TPSA) is 50.5 Å². The smallest absolute Gasteiger partial charge is 0.162 e. The predicted octanol–water partition coefficient (Wildman–Crippen LogP) is 2.03. The third-order valence-electron chi connectivity index (χ3n) is 3.03. The second-order valence-electron chi connectivity index (χ2n) is 5.29. The first kappa shape index (κ1) is 16.1. The SMILES string of the molecule is CNCc1cc(COCCN(C(C)C)C(C)C)on1. The quantitative estimate of drug-likeness (QED) is 0.695. The minimum atomic E-state index is 0.487. The van der Waals surface area contributed by atoms with Gasteiger partial charge < -0.3 is 14.6 Å². The van der Waals surface area contributed by atoms with Crippen molar-refractivity contribution in [3.63, 3.8) is 0 Å². The van der Waals surface area contributed by atoms with E-state index in [9.17, 15) is 0 Å². The molecular formula is C14H27N3O2. The molecule has 0 aliphatic carbocycles. The Morgan fingerprint density at radius 2 is 2.00 bits per heavy atom. The standard InChI is InChI=1S/C14H27N3O2/c1-11(2)17(12(3)4)6-7-18-10-14-8-13(9-15-5)16-19-14/h8,11-12,15H,6-7,9-10H2,1-5H3. The number of nitrogens with one attached hydrogen (secondary N) is 1. The van der Waals surface area contributed by atoms with Gasteiger partial charge in [0.2, 0.25) is 0 Å². The van der Waals surface area contributed by atoms with E-state index in [1.807, 2.05) is 13.1 Å². The van der Waals surface area contributed by atoms with Gasteiger partial charge in [0.05, 0.1) is 12.3 Å². The Morgan fingerprint density at radius 3 is 2.58 bits per heavy atom. The summed E-state index contributed by atoms with van der Waals surface area (Å²) in [6.45, 7) is 11.7. The highest BCUT2D eigenvalue weighted by atomic mass is 16.5. The number of hydrogen-bond donors (Lipinski definition) is 1. The van der Waals surface area contributed by atoms with E-state index >= 15 is 0 Å². The molecular weight excluding hydrogens is 242 g/mol. The summed E-state index contributed by atoms with van der Waals surface area (Å²) in [4.78, 5) is 2.41. The molecule has 0 aromatic carbocycles. The molecule has 0 aliphatic heterocycles. The van der Waals surface area contributed by atoms with Gasteiger partial charge in [0.15, 0.2) is 5.76 Å². The molecule has 0 unspecified atom stereocenters. The molecule has 1 rings (SSSR count). The van der Waals surface area contributed by atoms with Gasteiger partial charge in [-0.3, -0.25) is 4.90 Å². The predicted molar refractivity (Wildman–Crippen MR) is 75.9 cm³/mol. The highest BCUT2D eigenvalue weighted by Crippen LogP contribution is 2.07. The van der Waals surface area contributed by atoms with Crippen LogP contribution in [-0.2, 0) is 17.9 Å². The van der Waals surface area contributed by atoms with Gasteiger partial charge in [0.25, 0.3) is 0 Å². The Kier molecular flexibility index (Phi) is 7.05. The highest BCUT2D eigenvalue weighted by molar-refractivity contribution is 5.03. The van der Waals surface area contributed by atoms with Crippen molar-refractivity contribution in [2.75, 3.05) is 20.2 Å². The lowest BCUT2D eigenvalue weighted by Gasteiger charge is -2.30. The molecule has 0 aliphatic rings. The van der Waals surface area contributed by atoms with Crippen LogP contribution in [0.5, 0.6) is 0 Å². The van der Waals surface area contributed by atoms with Crippen LogP contribution >= 0.6 is 0 Å². The summed E-state index contributed by atoms with van der Waals surface area (Å²) < 4.78 is 10.8. The van der Waals surface area contributed by atoms with E-state index in [0.717, 1.165) is 24.5 Å². The second-order valence-corrected chi connectivity index (χ2v) is 5.29. The Hall–Kier alpha value is -0.910. The number of aromatic nitrogens is 1. The molecule has 1 heterocycles. The number of ether oxygens (including phenoxy) is 1. The van der Waals surface area contributed by atoms with Crippen molar-refractivity contribution in [1.82, 2.24) is 15.4 Å². The van der Waals surface area contributed by atoms with E-state index < -0.39 is 0 Å². The largest absolute Gasteiger partial charge is 0.372 e. The van der Waals surface area contributed by atoms with Crippen LogP contribution in [0.1, 0.15) is 39.1 Å². The maximum Gasteiger partial charge on any atom is 0.162 e. The third kappa shape index (κ3) is 5.72. The molecule has 0 bridgehead atoms. The van der Waals surface area contributed by atoms with Crippen LogP contribution < -0.4 is 5.32 Å². The molecule has 1 aromatic rings. The maximum absolute atomic E-state index is 5.65. The molecule has 1 aromatic heterocycles. The molecule has 0 saturated carbocycles. The molecule has 5 heteroatoms. The summed E-state index contributed by atoms with van der Waals surface area (Å²) in [6.07, 6.45) is 0. The summed E-state index contributed by atoms with van der Waals surface area (Å²) in [7, 11) is 1.89. The van der Waals surface area contributed by atoms with Crippen molar-refractivity contribution >= 4 is 0 Å². The van der Waals surface area contributed by atoms with Crippen LogP contribution in [0.4, 0.5) is 0 Å². The normalized spacial score (nSPS) is 12.0. The van der Waals surface area contributed by atoms with E-state index in [4.69, 9.17) is 9.26 Å². The van der Waals surface area contributed by atoms with Gasteiger partial charge in [0, 0.05) is 31.2 Å². The molecule has 5 nitrogen and oxygen atoms in total. The van der Waals surface area contributed by atoms with Gasteiger partial charge in [0.1, 0.15) is 6.61 Å². The molecule has 0 amide bonds. The second kappa shape index (κ2) is 8.30. The average molecular weight is 269 g/mol. The lowest BCUT2D eigenvalue weighted by Crippen LogP contribution is -2.39. The Balaban J connectivity index is 2.25. The van der Waals surface area contributed by atoms with Crippen LogP contribution in [0.25, 0.3) is 0 Å². The van der Waals surface area contributed by atoms with Crippen molar-refractivity contribution < 1.29 is 9.26 Å². The Bertz CT molecular complexity index is 342. The monoisotopic (exact) mass is 269 g/mol. The van der Waals surface area contributed by atoms with Crippen molar-refractivity contribution in [1.29, 1.82) is 0 Å². The first-order valence-corrected chi connectivity index (χ1v) is 6.97. The van der Waals surface area contributed by atoms with Gasteiger partial charge >= 0.3 is 0 Å². The van der Waals surface area contributed by atoms with E-state index in [1.165, 1.54) is 0 Å². The summed E-state index contributed by atoms with van der Waals surface area (Å²) in [5, 5.41) is 6.98. The zero-order chi connectivity index (χ0) is 14.3. The van der Waals surface area contributed by atoms with E-state index in [1.54, 1.807) is 0 Å². The Labute approximate surface area is 116 Å². The molecule has 0 saturated heterocycles. The molecule has 0 atom stereocenters. The van der Waals surface area contributed by atoms with Crippen LogP contribution in [0.2, 0.25) is 0 Å². The lowest BCUT2D eigenvalue weighted by atomic mass is 10.2. The van der Waals surface area contributed by atoms with E-state index in [0.29, 0.717) is 25.3 Å². The molecule has 110 valence electrons. The molecule has 19 heavy (non-hydrogen) atoms. The van der Waals surface area contributed by atoms with Gasteiger partial charge in [-0.1, -0.05) is 5.16 Å². The molecule has 0 fully saturated rings. The Morgan fingerprint density at radius 1 is 1.32 bits per heavy atom. The highest BCUT2D eigenvalue weighted by Gasteiger charge is 2.12. The summed E-state index contributed by atoms with van der Waals surface area (Å²) in [6, 6.07) is 3.01. The van der Waals surface area contributed by atoms with E-state index in [2.05, 4.69) is 43.1 Å². The van der Waals surface area contributed by atoms with Crippen LogP contribution in [0.15, 0.2) is 10.6 Å². The van der Waals surface area contributed by atoms with Crippen LogP contribution in [-0.4, -0.2) is 42.3 Å². The van der Waals surface area contributed by atoms with Crippen LogP contribution in [0, 0.1) is 0 Å². The van der Waals surface area contributed by atoms with Gasteiger partial charge in [-0.2, -0.15) is 0 Å². The third-order valence-corrected chi connectivity index (χ3v) is 3.03. The zero-order valence-electron chi connectivity index (χ0n) is 12.8. The minimum Gasteiger partial charge on any atom is -0.372 e. The van der Waals surface area contributed by atoms with Gasteiger partial charge in [-0.15, -0.1) is 0 Å². The summed E-state index contributed by atoms with van der Waals surface area (Å²) in [5.74, 6) is 0.783.